The van der Waals surface area contributed by atoms with Crippen molar-refractivity contribution in [3.8, 4) is 0 Å². The zero-order valence-electron chi connectivity index (χ0n) is 11.2. The first-order valence-electron chi connectivity index (χ1n) is 6.71. The highest BCUT2D eigenvalue weighted by atomic mass is 16.1. The van der Waals surface area contributed by atoms with E-state index in [2.05, 4.69) is 34.3 Å². The van der Waals surface area contributed by atoms with Gasteiger partial charge in [0.05, 0.1) is 0 Å². The molecule has 0 saturated heterocycles. The first-order chi connectivity index (χ1) is 8.59. The summed E-state index contributed by atoms with van der Waals surface area (Å²) in [4.78, 5) is 16.2. The lowest BCUT2D eigenvalue weighted by atomic mass is 9.68. The molecule has 1 heterocycles. The predicted molar refractivity (Wildman–Crippen MR) is 68.8 cm³/mol. The fraction of sp³-hybridized carbons (Fsp3) is 0.769. The zero-order valence-corrected chi connectivity index (χ0v) is 11.2. The third-order valence-corrected chi connectivity index (χ3v) is 3.95. The van der Waals surface area contributed by atoms with E-state index in [0.717, 1.165) is 18.7 Å². The highest BCUT2D eigenvalue weighted by Crippen LogP contribution is 2.40. The van der Waals surface area contributed by atoms with Crippen molar-refractivity contribution in [3.05, 3.63) is 12.2 Å². The van der Waals surface area contributed by atoms with Gasteiger partial charge in [-0.25, -0.2) is 4.98 Å². The molecule has 2 rings (SSSR count). The lowest BCUT2D eigenvalue weighted by molar-refractivity contribution is -0.130. The average molecular weight is 250 g/mol. The summed E-state index contributed by atoms with van der Waals surface area (Å²) in [6.07, 6.45) is 6.77. The van der Waals surface area contributed by atoms with Crippen LogP contribution in [-0.2, 0) is 11.2 Å². The molecule has 1 fully saturated rings. The maximum absolute atomic E-state index is 12.2. The SMILES string of the molecule is CC1(C)CCCCC1C(=O)NCCc1ncn[nH]1. The van der Waals surface area contributed by atoms with Crippen LogP contribution in [0.4, 0.5) is 0 Å². The molecule has 100 valence electrons. The molecule has 0 bridgehead atoms. The van der Waals surface area contributed by atoms with Crippen LogP contribution < -0.4 is 5.32 Å². The minimum atomic E-state index is 0.134. The minimum absolute atomic E-state index is 0.134. The van der Waals surface area contributed by atoms with Gasteiger partial charge in [-0.2, -0.15) is 5.10 Å². The Morgan fingerprint density at radius 3 is 3.06 bits per heavy atom. The summed E-state index contributed by atoms with van der Waals surface area (Å²) in [5.74, 6) is 1.17. The molecule has 1 aromatic rings. The highest BCUT2D eigenvalue weighted by Gasteiger charge is 2.36. The molecule has 1 aromatic heterocycles. The van der Waals surface area contributed by atoms with E-state index in [1.54, 1.807) is 0 Å². The van der Waals surface area contributed by atoms with Crippen LogP contribution in [0.2, 0.25) is 0 Å². The molecular formula is C13H22N4O. The quantitative estimate of drug-likeness (QED) is 0.854. The van der Waals surface area contributed by atoms with E-state index in [4.69, 9.17) is 0 Å². The normalized spacial score (nSPS) is 22.7. The summed E-state index contributed by atoms with van der Waals surface area (Å²) in [5.41, 5.74) is 0.134. The van der Waals surface area contributed by atoms with Gasteiger partial charge in [0.25, 0.3) is 0 Å². The molecular weight excluding hydrogens is 228 g/mol. The van der Waals surface area contributed by atoms with Crippen molar-refractivity contribution < 1.29 is 4.79 Å². The number of nitrogens with one attached hydrogen (secondary N) is 2. The second-order valence-electron chi connectivity index (χ2n) is 5.76. The van der Waals surface area contributed by atoms with E-state index in [9.17, 15) is 4.79 Å². The van der Waals surface area contributed by atoms with Crippen LogP contribution in [0.25, 0.3) is 0 Å². The molecule has 1 aliphatic rings. The summed E-state index contributed by atoms with van der Waals surface area (Å²) in [6, 6.07) is 0. The van der Waals surface area contributed by atoms with Crippen molar-refractivity contribution in [1.82, 2.24) is 20.5 Å². The maximum atomic E-state index is 12.2. The van der Waals surface area contributed by atoms with E-state index in [0.29, 0.717) is 13.0 Å². The Balaban J connectivity index is 1.80. The third-order valence-electron chi connectivity index (χ3n) is 3.95. The Bertz CT molecular complexity index is 386. The average Bonchev–Trinajstić information content (AvgIpc) is 2.81. The predicted octanol–water partition coefficient (Wildman–Crippen LogP) is 1.68. The lowest BCUT2D eigenvalue weighted by Crippen LogP contribution is -2.41. The molecule has 1 saturated carbocycles. The van der Waals surface area contributed by atoms with Crippen LogP contribution in [0, 0.1) is 11.3 Å². The maximum Gasteiger partial charge on any atom is 0.223 e. The number of rotatable bonds is 4. The standard InChI is InChI=1S/C13H22N4O/c1-13(2)7-4-3-5-10(13)12(18)14-8-6-11-15-9-16-17-11/h9-10H,3-8H2,1-2H3,(H,14,18)(H,15,16,17). The lowest BCUT2D eigenvalue weighted by Gasteiger charge is -2.37. The van der Waals surface area contributed by atoms with Crippen molar-refractivity contribution in [1.29, 1.82) is 0 Å². The van der Waals surface area contributed by atoms with Gasteiger partial charge in [0.2, 0.25) is 5.91 Å². The largest absolute Gasteiger partial charge is 0.355 e. The van der Waals surface area contributed by atoms with Crippen molar-refractivity contribution in [3.63, 3.8) is 0 Å². The Labute approximate surface area is 108 Å². The smallest absolute Gasteiger partial charge is 0.223 e. The monoisotopic (exact) mass is 250 g/mol. The van der Waals surface area contributed by atoms with Crippen molar-refractivity contribution >= 4 is 5.91 Å². The number of H-pyrrole nitrogens is 1. The summed E-state index contributed by atoms with van der Waals surface area (Å²) < 4.78 is 0. The number of hydrogen-bond acceptors (Lipinski definition) is 3. The van der Waals surface area contributed by atoms with E-state index in [1.165, 1.54) is 19.2 Å². The Hall–Kier alpha value is -1.39. The van der Waals surface area contributed by atoms with Crippen LogP contribution in [-0.4, -0.2) is 27.6 Å². The molecule has 5 nitrogen and oxygen atoms in total. The number of carbonyl (C=O) groups is 1. The zero-order chi connectivity index (χ0) is 13.0. The van der Waals surface area contributed by atoms with Gasteiger partial charge in [0, 0.05) is 18.9 Å². The van der Waals surface area contributed by atoms with Crippen LogP contribution in [0.5, 0.6) is 0 Å². The Morgan fingerprint density at radius 1 is 1.56 bits per heavy atom. The minimum Gasteiger partial charge on any atom is -0.355 e. The second-order valence-corrected chi connectivity index (χ2v) is 5.76. The summed E-state index contributed by atoms with van der Waals surface area (Å²) in [5, 5.41) is 9.60. The van der Waals surface area contributed by atoms with Gasteiger partial charge < -0.3 is 5.32 Å². The molecule has 0 aromatic carbocycles. The second kappa shape index (κ2) is 5.50. The molecule has 1 unspecified atom stereocenters. The molecule has 0 aliphatic heterocycles. The van der Waals surface area contributed by atoms with E-state index in [-0.39, 0.29) is 17.2 Å². The van der Waals surface area contributed by atoms with Crippen molar-refractivity contribution in [2.24, 2.45) is 11.3 Å². The molecule has 2 N–H and O–H groups in total. The number of amides is 1. The molecule has 1 aliphatic carbocycles. The molecule has 18 heavy (non-hydrogen) atoms. The van der Waals surface area contributed by atoms with Gasteiger partial charge in [0.1, 0.15) is 12.2 Å². The first kappa shape index (κ1) is 13.1. The van der Waals surface area contributed by atoms with Gasteiger partial charge in [0.15, 0.2) is 0 Å². The molecule has 0 spiro atoms. The van der Waals surface area contributed by atoms with Crippen LogP contribution >= 0.6 is 0 Å². The van der Waals surface area contributed by atoms with Crippen LogP contribution in [0.1, 0.15) is 45.4 Å². The van der Waals surface area contributed by atoms with Gasteiger partial charge in [-0.15, -0.1) is 0 Å². The van der Waals surface area contributed by atoms with Gasteiger partial charge in [-0.3, -0.25) is 9.89 Å². The third kappa shape index (κ3) is 3.09. The highest BCUT2D eigenvalue weighted by molar-refractivity contribution is 5.79. The summed E-state index contributed by atoms with van der Waals surface area (Å²) in [6.45, 7) is 5.03. The molecule has 1 atom stereocenters. The van der Waals surface area contributed by atoms with E-state index < -0.39 is 0 Å². The van der Waals surface area contributed by atoms with Crippen molar-refractivity contribution in [2.75, 3.05) is 6.54 Å². The van der Waals surface area contributed by atoms with E-state index >= 15 is 0 Å². The van der Waals surface area contributed by atoms with E-state index in [1.807, 2.05) is 0 Å². The fourth-order valence-corrected chi connectivity index (χ4v) is 2.76. The number of hydrogen-bond donors (Lipinski definition) is 2. The molecule has 0 radical (unpaired) electrons. The summed E-state index contributed by atoms with van der Waals surface area (Å²) >= 11 is 0. The van der Waals surface area contributed by atoms with Crippen LogP contribution in [0.15, 0.2) is 6.33 Å². The van der Waals surface area contributed by atoms with Crippen molar-refractivity contribution in [2.45, 2.75) is 46.0 Å². The number of aromatic amines is 1. The first-order valence-corrected chi connectivity index (χ1v) is 6.71. The van der Waals surface area contributed by atoms with Crippen LogP contribution in [0.3, 0.4) is 0 Å². The molecule has 1 amide bonds. The molecule has 5 heteroatoms. The van der Waals surface area contributed by atoms with Gasteiger partial charge in [-0.05, 0) is 18.3 Å². The summed E-state index contributed by atoms with van der Waals surface area (Å²) in [7, 11) is 0. The fourth-order valence-electron chi connectivity index (χ4n) is 2.76. The van der Waals surface area contributed by atoms with Gasteiger partial charge in [-0.1, -0.05) is 26.7 Å². The topological polar surface area (TPSA) is 70.7 Å². The number of aromatic nitrogens is 3. The number of nitrogens with zero attached hydrogens (tertiary/aromatic N) is 2. The Morgan fingerprint density at radius 2 is 2.39 bits per heavy atom. The number of carbonyl (C=O) groups excluding carboxylic acids is 1. The van der Waals surface area contributed by atoms with Gasteiger partial charge >= 0.3 is 0 Å². The Kier molecular flexibility index (Phi) is 3.99.